The van der Waals surface area contributed by atoms with Crippen LogP contribution in [0, 0.1) is 0 Å². The average Bonchev–Trinajstić information content (AvgIpc) is 2.17. The Balaban J connectivity index is 4.26. The SMILES string of the molecule is COC(C)(C)CCOC(C)(C)P(=O)(O)OC. The summed E-state index contributed by atoms with van der Waals surface area (Å²) in [4.78, 5) is 9.51. The molecule has 0 heterocycles. The molecule has 0 bridgehead atoms. The Labute approximate surface area is 97.6 Å². The zero-order valence-electron chi connectivity index (χ0n) is 10.9. The molecule has 1 unspecified atom stereocenters. The van der Waals surface area contributed by atoms with Crippen molar-refractivity contribution in [1.29, 1.82) is 0 Å². The summed E-state index contributed by atoms with van der Waals surface area (Å²) < 4.78 is 26.8. The van der Waals surface area contributed by atoms with Crippen LogP contribution in [0.1, 0.15) is 34.1 Å². The first-order chi connectivity index (χ1) is 7.08. The van der Waals surface area contributed by atoms with Gasteiger partial charge in [0, 0.05) is 14.2 Å². The molecule has 1 N–H and O–H groups in total. The number of hydrogen-bond donors (Lipinski definition) is 1. The topological polar surface area (TPSA) is 65.0 Å². The molecule has 0 spiro atoms. The van der Waals surface area contributed by atoms with Crippen LogP contribution in [0.5, 0.6) is 0 Å². The highest BCUT2D eigenvalue weighted by molar-refractivity contribution is 7.54. The van der Waals surface area contributed by atoms with E-state index in [-0.39, 0.29) is 5.60 Å². The van der Waals surface area contributed by atoms with E-state index in [1.165, 1.54) is 21.0 Å². The Bertz CT molecular complexity index is 262. The third-order valence-corrected chi connectivity index (χ3v) is 4.63. The quantitative estimate of drug-likeness (QED) is 0.707. The van der Waals surface area contributed by atoms with Gasteiger partial charge < -0.3 is 18.9 Å². The fraction of sp³-hybridized carbons (Fsp3) is 1.00. The zero-order valence-corrected chi connectivity index (χ0v) is 11.8. The predicted octanol–water partition coefficient (Wildman–Crippen LogP) is 2.39. The van der Waals surface area contributed by atoms with E-state index in [0.29, 0.717) is 13.0 Å². The molecular weight excluding hydrogens is 231 g/mol. The predicted molar refractivity (Wildman–Crippen MR) is 62.6 cm³/mol. The molecule has 6 heteroatoms. The van der Waals surface area contributed by atoms with Gasteiger partial charge in [-0.15, -0.1) is 0 Å². The fourth-order valence-electron chi connectivity index (χ4n) is 0.950. The Morgan fingerprint density at radius 2 is 1.69 bits per heavy atom. The van der Waals surface area contributed by atoms with Crippen LogP contribution < -0.4 is 0 Å². The summed E-state index contributed by atoms with van der Waals surface area (Å²) in [7, 11) is -0.908. The zero-order chi connectivity index (χ0) is 13.0. The van der Waals surface area contributed by atoms with Crippen molar-refractivity contribution < 1.29 is 23.5 Å². The summed E-state index contributed by atoms with van der Waals surface area (Å²) in [6, 6.07) is 0. The maximum Gasteiger partial charge on any atom is 0.358 e. The van der Waals surface area contributed by atoms with Crippen molar-refractivity contribution >= 4 is 7.60 Å². The number of ether oxygens (including phenoxy) is 2. The summed E-state index contributed by atoms with van der Waals surface area (Å²) >= 11 is 0. The molecule has 0 aromatic rings. The van der Waals surface area contributed by atoms with Gasteiger partial charge in [0.1, 0.15) is 0 Å². The minimum absolute atomic E-state index is 0.303. The fourth-order valence-corrected chi connectivity index (χ4v) is 1.64. The van der Waals surface area contributed by atoms with E-state index < -0.39 is 12.9 Å². The number of rotatable bonds is 7. The van der Waals surface area contributed by atoms with E-state index in [4.69, 9.17) is 9.47 Å². The minimum Gasteiger partial charge on any atom is -0.379 e. The first-order valence-corrected chi connectivity index (χ1v) is 6.73. The molecule has 0 saturated carbocycles. The largest absolute Gasteiger partial charge is 0.379 e. The van der Waals surface area contributed by atoms with E-state index >= 15 is 0 Å². The first kappa shape index (κ1) is 16.1. The van der Waals surface area contributed by atoms with Crippen LogP contribution >= 0.6 is 7.60 Å². The smallest absolute Gasteiger partial charge is 0.358 e. The van der Waals surface area contributed by atoms with E-state index in [9.17, 15) is 9.46 Å². The molecule has 5 nitrogen and oxygen atoms in total. The number of hydrogen-bond acceptors (Lipinski definition) is 4. The number of methoxy groups -OCH3 is 1. The maximum absolute atomic E-state index is 11.6. The lowest BCUT2D eigenvalue weighted by atomic mass is 10.1. The molecule has 0 aliphatic heterocycles. The van der Waals surface area contributed by atoms with Gasteiger partial charge >= 0.3 is 7.60 Å². The van der Waals surface area contributed by atoms with Gasteiger partial charge in [-0.05, 0) is 34.1 Å². The van der Waals surface area contributed by atoms with E-state index in [1.54, 1.807) is 7.11 Å². The molecule has 0 aromatic carbocycles. The highest BCUT2D eigenvalue weighted by atomic mass is 31.2. The van der Waals surface area contributed by atoms with Gasteiger partial charge in [-0.25, -0.2) is 0 Å². The van der Waals surface area contributed by atoms with E-state index in [0.717, 1.165) is 0 Å². The second kappa shape index (κ2) is 5.61. The van der Waals surface area contributed by atoms with Crippen molar-refractivity contribution in [2.75, 3.05) is 20.8 Å². The molecule has 98 valence electrons. The summed E-state index contributed by atoms with van der Waals surface area (Å²) in [6.07, 6.45) is 0.636. The Morgan fingerprint density at radius 3 is 2.06 bits per heavy atom. The van der Waals surface area contributed by atoms with Gasteiger partial charge in [0.25, 0.3) is 0 Å². The Kier molecular flexibility index (Phi) is 5.63. The molecule has 0 fully saturated rings. The molecule has 1 atom stereocenters. The standard InChI is InChI=1S/C10H23O5P/c1-9(2,13-5)7-8-15-10(3,4)16(11,12)14-6/h7-8H2,1-6H3,(H,11,12). The average molecular weight is 254 g/mol. The second-order valence-corrected chi connectivity index (χ2v) is 7.19. The van der Waals surface area contributed by atoms with Crippen LogP contribution in [0.3, 0.4) is 0 Å². The van der Waals surface area contributed by atoms with Crippen LogP contribution in [0.15, 0.2) is 0 Å². The molecule has 0 aromatic heterocycles. The molecule has 0 amide bonds. The summed E-state index contributed by atoms with van der Waals surface area (Å²) in [5.74, 6) is 0. The summed E-state index contributed by atoms with van der Waals surface area (Å²) in [5, 5.41) is -1.20. The van der Waals surface area contributed by atoms with Gasteiger partial charge in [0.15, 0.2) is 5.34 Å². The third-order valence-electron chi connectivity index (χ3n) is 2.64. The Morgan fingerprint density at radius 1 is 1.19 bits per heavy atom. The van der Waals surface area contributed by atoms with Gasteiger partial charge in [0.05, 0.1) is 12.2 Å². The van der Waals surface area contributed by atoms with E-state index in [1.807, 2.05) is 13.8 Å². The van der Waals surface area contributed by atoms with Crippen molar-refractivity contribution in [2.45, 2.75) is 45.1 Å². The van der Waals surface area contributed by atoms with Gasteiger partial charge in [-0.2, -0.15) is 0 Å². The monoisotopic (exact) mass is 254 g/mol. The van der Waals surface area contributed by atoms with E-state index in [2.05, 4.69) is 4.52 Å². The minimum atomic E-state index is -3.73. The lowest BCUT2D eigenvalue weighted by Crippen LogP contribution is -2.30. The van der Waals surface area contributed by atoms with Crippen LogP contribution in [0.2, 0.25) is 0 Å². The van der Waals surface area contributed by atoms with Crippen LogP contribution in [-0.2, 0) is 18.6 Å². The highest BCUT2D eigenvalue weighted by Gasteiger charge is 2.41. The van der Waals surface area contributed by atoms with Crippen molar-refractivity contribution in [3.63, 3.8) is 0 Å². The van der Waals surface area contributed by atoms with Crippen molar-refractivity contribution in [3.05, 3.63) is 0 Å². The third kappa shape index (κ3) is 4.52. The first-order valence-electron chi connectivity index (χ1n) is 5.16. The summed E-state index contributed by atoms with van der Waals surface area (Å²) in [6.45, 7) is 7.27. The second-order valence-electron chi connectivity index (χ2n) is 4.71. The van der Waals surface area contributed by atoms with Crippen molar-refractivity contribution in [3.8, 4) is 0 Å². The molecular formula is C10H23O5P. The highest BCUT2D eigenvalue weighted by Crippen LogP contribution is 2.55. The molecule has 0 aliphatic carbocycles. The van der Waals surface area contributed by atoms with Crippen LogP contribution in [-0.4, -0.2) is 36.7 Å². The lowest BCUT2D eigenvalue weighted by Gasteiger charge is -2.30. The maximum atomic E-state index is 11.6. The Hall–Kier alpha value is 0.0700. The lowest BCUT2D eigenvalue weighted by molar-refractivity contribution is -0.0370. The molecule has 0 rings (SSSR count). The van der Waals surface area contributed by atoms with Gasteiger partial charge in [-0.1, -0.05) is 0 Å². The normalized spacial score (nSPS) is 17.2. The molecule has 16 heavy (non-hydrogen) atoms. The van der Waals surface area contributed by atoms with Gasteiger partial charge in [0.2, 0.25) is 0 Å². The van der Waals surface area contributed by atoms with Crippen molar-refractivity contribution in [1.82, 2.24) is 0 Å². The van der Waals surface area contributed by atoms with Crippen molar-refractivity contribution in [2.24, 2.45) is 0 Å². The van der Waals surface area contributed by atoms with Crippen LogP contribution in [0.25, 0.3) is 0 Å². The van der Waals surface area contributed by atoms with Gasteiger partial charge in [-0.3, -0.25) is 4.57 Å². The molecule has 0 aliphatic rings. The molecule has 0 radical (unpaired) electrons. The summed E-state index contributed by atoms with van der Waals surface area (Å²) in [5.41, 5.74) is -0.303. The molecule has 0 saturated heterocycles. The van der Waals surface area contributed by atoms with Crippen LogP contribution in [0.4, 0.5) is 0 Å².